The van der Waals surface area contributed by atoms with E-state index in [4.69, 9.17) is 0 Å². The number of alkyl halides is 3. The summed E-state index contributed by atoms with van der Waals surface area (Å²) in [6, 6.07) is 8.53. The second kappa shape index (κ2) is 9.90. The van der Waals surface area contributed by atoms with Crippen LogP contribution in [0.1, 0.15) is 18.9 Å². The first kappa shape index (κ1) is 24.4. The molecule has 9 nitrogen and oxygen atoms in total. The molecule has 4 N–H and O–H groups in total. The number of nitrogens with one attached hydrogen (secondary N) is 2. The van der Waals surface area contributed by atoms with Crippen LogP contribution in [0.4, 0.5) is 23.1 Å². The molecular weight excluding hydrogens is 485 g/mol. The molecule has 3 heterocycles. The van der Waals surface area contributed by atoms with Gasteiger partial charge in [0.05, 0.1) is 15.9 Å². The zero-order chi connectivity index (χ0) is 25.2. The maximum absolute atomic E-state index is 12.7. The Balaban J connectivity index is 1.74. The highest BCUT2D eigenvalue weighted by molar-refractivity contribution is 7.22. The van der Waals surface area contributed by atoms with E-state index in [-0.39, 0.29) is 0 Å². The van der Waals surface area contributed by atoms with Crippen molar-refractivity contribution in [2.45, 2.75) is 25.3 Å². The number of urea groups is 1. The summed E-state index contributed by atoms with van der Waals surface area (Å²) in [5.74, 6) is -0.563. The standard InChI is InChI=1S/C22H19F3N6O3S/c1-2-26-20(34)31-21-30-15-8-11(7-13(17(15)35-21)14-5-3-4-6-27-14)12-9-28-19(29-10-12)16(32)18(33)22(23,24)25/h3-10,16,18,32-33H,2H2,1H3,(H2,26,30,31,34)/t16-,18+/m0/s1. The molecule has 3 aromatic heterocycles. The number of anilines is 1. The topological polar surface area (TPSA) is 133 Å². The third kappa shape index (κ3) is 5.37. The summed E-state index contributed by atoms with van der Waals surface area (Å²) in [5.41, 5.74) is 2.94. The molecule has 0 spiro atoms. The van der Waals surface area contributed by atoms with Gasteiger partial charge in [-0.05, 0) is 36.8 Å². The Morgan fingerprint density at radius 2 is 1.86 bits per heavy atom. The quantitative estimate of drug-likeness (QED) is 0.313. The van der Waals surface area contributed by atoms with E-state index in [2.05, 4.69) is 30.6 Å². The molecule has 2 atom stereocenters. The molecule has 0 aliphatic carbocycles. The Morgan fingerprint density at radius 3 is 2.49 bits per heavy atom. The molecule has 4 aromatic rings. The van der Waals surface area contributed by atoms with E-state index in [1.165, 1.54) is 23.7 Å². The molecule has 0 saturated carbocycles. The van der Waals surface area contributed by atoms with Crippen molar-refractivity contribution in [3.8, 4) is 22.4 Å². The summed E-state index contributed by atoms with van der Waals surface area (Å²) in [4.78, 5) is 28.4. The number of aliphatic hydroxyl groups excluding tert-OH is 2. The normalized spacial score (nSPS) is 13.4. The Labute approximate surface area is 200 Å². The summed E-state index contributed by atoms with van der Waals surface area (Å²) in [5, 5.41) is 24.7. The Kier molecular flexibility index (Phi) is 6.91. The first-order chi connectivity index (χ1) is 16.7. The van der Waals surface area contributed by atoms with Crippen molar-refractivity contribution in [2.75, 3.05) is 11.9 Å². The van der Waals surface area contributed by atoms with E-state index in [0.29, 0.717) is 34.0 Å². The van der Waals surface area contributed by atoms with Gasteiger partial charge in [-0.15, -0.1) is 0 Å². The fourth-order valence-electron chi connectivity index (χ4n) is 3.23. The number of benzene rings is 1. The molecule has 0 fully saturated rings. The number of rotatable bonds is 6. The van der Waals surface area contributed by atoms with Crippen molar-refractivity contribution in [3.63, 3.8) is 0 Å². The number of fused-ring (bicyclic) bond motifs is 1. The number of aromatic nitrogens is 4. The molecule has 35 heavy (non-hydrogen) atoms. The lowest BCUT2D eigenvalue weighted by Gasteiger charge is -2.19. The van der Waals surface area contributed by atoms with Gasteiger partial charge in [0.2, 0.25) is 0 Å². The van der Waals surface area contributed by atoms with Crippen LogP contribution in [0.2, 0.25) is 0 Å². The second-order valence-corrected chi connectivity index (χ2v) is 8.35. The minimum absolute atomic E-state index is 0.371. The number of pyridine rings is 1. The van der Waals surface area contributed by atoms with Crippen molar-refractivity contribution >= 4 is 32.7 Å². The van der Waals surface area contributed by atoms with Crippen LogP contribution in [-0.4, -0.2) is 55.0 Å². The zero-order valence-corrected chi connectivity index (χ0v) is 18.9. The predicted molar refractivity (Wildman–Crippen MR) is 124 cm³/mol. The average molecular weight is 504 g/mol. The number of amides is 2. The molecular formula is C22H19F3N6O3S. The largest absolute Gasteiger partial charge is 0.417 e. The van der Waals surface area contributed by atoms with E-state index >= 15 is 0 Å². The van der Waals surface area contributed by atoms with Crippen molar-refractivity contribution < 1.29 is 28.2 Å². The van der Waals surface area contributed by atoms with E-state index in [1.807, 2.05) is 12.1 Å². The number of hydrogen-bond acceptors (Lipinski definition) is 8. The number of nitrogens with zero attached hydrogens (tertiary/aromatic N) is 4. The maximum Gasteiger partial charge on any atom is 0.417 e. The van der Waals surface area contributed by atoms with Gasteiger partial charge in [-0.25, -0.2) is 19.7 Å². The molecule has 13 heteroatoms. The molecule has 0 unspecified atom stereocenters. The molecule has 0 aliphatic rings. The summed E-state index contributed by atoms with van der Waals surface area (Å²) in [6.45, 7) is 2.24. The Morgan fingerprint density at radius 1 is 1.11 bits per heavy atom. The number of carbonyl (C=O) groups is 1. The van der Waals surface area contributed by atoms with Gasteiger partial charge < -0.3 is 15.5 Å². The highest BCUT2D eigenvalue weighted by Crippen LogP contribution is 2.38. The molecule has 0 aliphatic heterocycles. The smallest absolute Gasteiger partial charge is 0.382 e. The summed E-state index contributed by atoms with van der Waals surface area (Å²) in [6.07, 6.45) is -6.22. The Bertz CT molecular complexity index is 1330. The minimum atomic E-state index is -5.02. The minimum Gasteiger partial charge on any atom is -0.382 e. The number of aliphatic hydroxyl groups is 2. The van der Waals surface area contributed by atoms with Gasteiger partial charge in [0.1, 0.15) is 6.10 Å². The van der Waals surface area contributed by atoms with Crippen LogP contribution in [0.15, 0.2) is 48.9 Å². The van der Waals surface area contributed by atoms with E-state index < -0.39 is 30.2 Å². The number of carbonyl (C=O) groups excluding carboxylic acids is 1. The average Bonchev–Trinajstić information content (AvgIpc) is 3.24. The van der Waals surface area contributed by atoms with Gasteiger partial charge in [-0.3, -0.25) is 10.3 Å². The summed E-state index contributed by atoms with van der Waals surface area (Å²) < 4.78 is 38.9. The predicted octanol–water partition coefficient (Wildman–Crippen LogP) is 3.91. The lowest BCUT2D eigenvalue weighted by molar-refractivity contribution is -0.232. The third-order valence-electron chi connectivity index (χ3n) is 4.89. The molecule has 0 saturated heterocycles. The van der Waals surface area contributed by atoms with Crippen LogP contribution in [0.5, 0.6) is 0 Å². The summed E-state index contributed by atoms with van der Waals surface area (Å²) >= 11 is 1.27. The van der Waals surface area contributed by atoms with E-state index in [0.717, 1.165) is 10.3 Å². The highest BCUT2D eigenvalue weighted by atomic mass is 32.1. The lowest BCUT2D eigenvalue weighted by atomic mass is 10.0. The summed E-state index contributed by atoms with van der Waals surface area (Å²) in [7, 11) is 0. The molecule has 0 bridgehead atoms. The maximum atomic E-state index is 12.7. The molecule has 182 valence electrons. The van der Waals surface area contributed by atoms with Gasteiger partial charge in [-0.1, -0.05) is 17.4 Å². The number of halogens is 3. The van der Waals surface area contributed by atoms with Crippen LogP contribution in [0.25, 0.3) is 32.6 Å². The Hall–Kier alpha value is -3.68. The van der Waals surface area contributed by atoms with Crippen LogP contribution >= 0.6 is 11.3 Å². The van der Waals surface area contributed by atoms with Gasteiger partial charge in [0.25, 0.3) is 0 Å². The van der Waals surface area contributed by atoms with E-state index in [1.54, 1.807) is 31.3 Å². The fraction of sp³-hybridized carbons (Fsp3) is 0.227. The highest BCUT2D eigenvalue weighted by Gasteiger charge is 2.44. The van der Waals surface area contributed by atoms with Crippen LogP contribution in [0.3, 0.4) is 0 Å². The lowest BCUT2D eigenvalue weighted by Crippen LogP contribution is -2.35. The fourth-order valence-corrected chi connectivity index (χ4v) is 4.19. The first-order valence-corrected chi connectivity index (χ1v) is 11.1. The molecule has 4 rings (SSSR count). The monoisotopic (exact) mass is 504 g/mol. The van der Waals surface area contributed by atoms with Crippen molar-refractivity contribution in [1.82, 2.24) is 25.3 Å². The first-order valence-electron chi connectivity index (χ1n) is 10.3. The third-order valence-corrected chi connectivity index (χ3v) is 5.91. The van der Waals surface area contributed by atoms with Crippen molar-refractivity contribution in [3.05, 3.63) is 54.7 Å². The number of hydrogen-bond donors (Lipinski definition) is 4. The van der Waals surface area contributed by atoms with Crippen molar-refractivity contribution in [1.29, 1.82) is 0 Å². The number of thiazole rings is 1. The molecule has 2 amide bonds. The van der Waals surface area contributed by atoms with Crippen LogP contribution in [-0.2, 0) is 0 Å². The molecule has 0 radical (unpaired) electrons. The second-order valence-electron chi connectivity index (χ2n) is 7.35. The van der Waals surface area contributed by atoms with Gasteiger partial charge >= 0.3 is 12.2 Å². The SMILES string of the molecule is CCNC(=O)Nc1nc2cc(-c3cnc([C@@H](O)[C@@H](O)C(F)(F)F)nc3)cc(-c3ccccn3)c2s1. The van der Waals surface area contributed by atoms with Crippen LogP contribution < -0.4 is 10.6 Å². The van der Waals surface area contributed by atoms with Gasteiger partial charge in [0.15, 0.2) is 17.1 Å². The van der Waals surface area contributed by atoms with Gasteiger partial charge in [0, 0.05) is 36.3 Å². The van der Waals surface area contributed by atoms with Gasteiger partial charge in [-0.2, -0.15) is 13.2 Å². The molecule has 1 aromatic carbocycles. The zero-order valence-electron chi connectivity index (χ0n) is 18.1. The van der Waals surface area contributed by atoms with Crippen LogP contribution in [0, 0.1) is 0 Å². The van der Waals surface area contributed by atoms with Crippen molar-refractivity contribution in [2.24, 2.45) is 0 Å². The van der Waals surface area contributed by atoms with E-state index in [9.17, 15) is 28.2 Å².